The highest BCUT2D eigenvalue weighted by atomic mass is 79.9. The molecule has 0 radical (unpaired) electrons. The quantitative estimate of drug-likeness (QED) is 0.637. The lowest BCUT2D eigenvalue weighted by Crippen LogP contribution is -3.00. The van der Waals surface area contributed by atoms with Crippen molar-refractivity contribution in [3.05, 3.63) is 54.1 Å². The molecule has 3 nitrogen and oxygen atoms in total. The Hall–Kier alpha value is -1.42. The maximum absolute atomic E-state index is 4.06. The highest BCUT2D eigenvalue weighted by molar-refractivity contribution is 5.78. The lowest BCUT2D eigenvalue weighted by Gasteiger charge is -2.12. The van der Waals surface area contributed by atoms with Crippen LogP contribution in [0.3, 0.4) is 0 Å². The zero-order chi connectivity index (χ0) is 11.5. The Bertz CT molecular complexity index is 532. The van der Waals surface area contributed by atoms with Crippen molar-refractivity contribution >= 4 is 6.21 Å². The van der Waals surface area contributed by atoms with Crippen LogP contribution in [0, 0.1) is 0 Å². The summed E-state index contributed by atoms with van der Waals surface area (Å²) in [6.07, 6.45) is 9.14. The zero-order valence-corrected chi connectivity index (χ0v) is 11.8. The van der Waals surface area contributed by atoms with Crippen LogP contribution in [0.2, 0.25) is 0 Å². The topological polar surface area (TPSA) is 20.8 Å². The van der Waals surface area contributed by atoms with Crippen molar-refractivity contribution in [2.75, 3.05) is 13.1 Å². The summed E-state index contributed by atoms with van der Waals surface area (Å²) in [6, 6.07) is 8.64. The minimum Gasteiger partial charge on any atom is -1.00 e. The number of rotatable bonds is 3. The van der Waals surface area contributed by atoms with E-state index in [-0.39, 0.29) is 17.0 Å². The normalized spacial score (nSPS) is 13.4. The van der Waals surface area contributed by atoms with Crippen LogP contribution in [0.1, 0.15) is 11.1 Å². The van der Waals surface area contributed by atoms with Gasteiger partial charge in [0.05, 0.1) is 12.9 Å². The smallest absolute Gasteiger partial charge is 0.171 e. The fraction of sp³-hybridized carbons (Fsp3) is 0.286. The molecule has 0 saturated heterocycles. The third kappa shape index (κ3) is 2.88. The molecule has 0 N–H and O–H groups in total. The van der Waals surface area contributed by atoms with Crippen LogP contribution >= 0.6 is 0 Å². The van der Waals surface area contributed by atoms with Gasteiger partial charge in [-0.1, -0.05) is 18.2 Å². The molecular weight excluding hydrogens is 290 g/mol. The zero-order valence-electron chi connectivity index (χ0n) is 10.2. The number of aromatic nitrogens is 2. The van der Waals surface area contributed by atoms with Crippen LogP contribution < -0.4 is 17.0 Å². The lowest BCUT2D eigenvalue weighted by molar-refractivity contribution is -0.525. The molecule has 0 unspecified atom stereocenters. The molecule has 1 aliphatic heterocycles. The molecule has 1 aliphatic rings. The summed E-state index contributed by atoms with van der Waals surface area (Å²) in [5, 5.41) is 0. The Kier molecular flexibility index (Phi) is 4.31. The second kappa shape index (κ2) is 5.96. The molecule has 2 aromatic rings. The molecule has 2 heterocycles. The largest absolute Gasteiger partial charge is 1.00 e. The van der Waals surface area contributed by atoms with E-state index in [1.807, 2.05) is 18.7 Å². The molecule has 18 heavy (non-hydrogen) atoms. The Morgan fingerprint density at radius 2 is 2.17 bits per heavy atom. The number of nitrogens with zero attached hydrogens (tertiary/aromatic N) is 3. The van der Waals surface area contributed by atoms with E-state index < -0.39 is 0 Å². The summed E-state index contributed by atoms with van der Waals surface area (Å²) in [5.41, 5.74) is 2.83. The van der Waals surface area contributed by atoms with Crippen molar-refractivity contribution in [3.8, 4) is 0 Å². The molecule has 0 saturated carbocycles. The van der Waals surface area contributed by atoms with E-state index >= 15 is 0 Å². The second-order valence-corrected chi connectivity index (χ2v) is 4.41. The van der Waals surface area contributed by atoms with Crippen LogP contribution in [0.5, 0.6) is 0 Å². The summed E-state index contributed by atoms with van der Waals surface area (Å²) in [4.78, 5) is 4.06. The van der Waals surface area contributed by atoms with E-state index in [0.29, 0.717) is 0 Å². The first-order chi connectivity index (χ1) is 8.42. The second-order valence-electron chi connectivity index (χ2n) is 4.41. The summed E-state index contributed by atoms with van der Waals surface area (Å²) < 4.78 is 4.51. The van der Waals surface area contributed by atoms with Gasteiger partial charge in [-0.15, -0.1) is 0 Å². The molecule has 0 amide bonds. The molecule has 0 fully saturated rings. The highest BCUT2D eigenvalue weighted by Crippen LogP contribution is 2.10. The third-order valence-electron chi connectivity index (χ3n) is 3.25. The molecule has 3 rings (SSSR count). The number of imidazole rings is 1. The Balaban J connectivity index is 0.00000120. The van der Waals surface area contributed by atoms with Gasteiger partial charge < -0.3 is 21.5 Å². The van der Waals surface area contributed by atoms with Gasteiger partial charge >= 0.3 is 0 Å². The van der Waals surface area contributed by atoms with Gasteiger partial charge in [0.2, 0.25) is 0 Å². The molecule has 94 valence electrons. The molecule has 0 spiro atoms. The van der Waals surface area contributed by atoms with E-state index in [2.05, 4.69) is 44.6 Å². The minimum atomic E-state index is 0. The van der Waals surface area contributed by atoms with Crippen LogP contribution in [-0.4, -0.2) is 33.4 Å². The Morgan fingerprint density at radius 3 is 3.00 bits per heavy atom. The molecular formula is C14H16BrN3. The predicted molar refractivity (Wildman–Crippen MR) is 67.5 cm³/mol. The first-order valence-corrected chi connectivity index (χ1v) is 6.04. The van der Waals surface area contributed by atoms with Crippen molar-refractivity contribution in [2.24, 2.45) is 0 Å². The highest BCUT2D eigenvalue weighted by Gasteiger charge is 2.14. The van der Waals surface area contributed by atoms with Gasteiger partial charge in [0.25, 0.3) is 0 Å². The van der Waals surface area contributed by atoms with E-state index in [1.165, 1.54) is 11.1 Å². The van der Waals surface area contributed by atoms with Gasteiger partial charge in [0.1, 0.15) is 6.54 Å². The number of halogens is 1. The van der Waals surface area contributed by atoms with E-state index in [4.69, 9.17) is 0 Å². The number of fused-ring (bicyclic) bond motifs is 1. The molecule has 4 heteroatoms. The van der Waals surface area contributed by atoms with Crippen LogP contribution in [0.15, 0.2) is 43.0 Å². The van der Waals surface area contributed by atoms with E-state index in [1.54, 1.807) is 0 Å². The van der Waals surface area contributed by atoms with Crippen molar-refractivity contribution in [1.82, 2.24) is 9.55 Å². The standard InChI is InChI=1S/C14H16N3.BrH/c1-2-4-14-11-16(7-5-13(14)3-1)9-10-17-8-6-15-12-17;/h1-4,6,8,11-12H,5,7,9-10H2;1H/q+1;/p-1. The fourth-order valence-corrected chi connectivity index (χ4v) is 2.25. The first kappa shape index (κ1) is 13.0. The third-order valence-corrected chi connectivity index (χ3v) is 3.25. The number of hydrogen-bond donors (Lipinski definition) is 0. The summed E-state index contributed by atoms with van der Waals surface area (Å²) >= 11 is 0. The number of benzene rings is 1. The van der Waals surface area contributed by atoms with Gasteiger partial charge in [-0.05, 0) is 11.6 Å². The maximum Gasteiger partial charge on any atom is 0.171 e. The summed E-state index contributed by atoms with van der Waals surface area (Å²) in [6.45, 7) is 3.16. The van der Waals surface area contributed by atoms with Crippen molar-refractivity contribution < 1.29 is 21.6 Å². The van der Waals surface area contributed by atoms with Crippen molar-refractivity contribution in [2.45, 2.75) is 13.0 Å². The molecule has 1 aromatic heterocycles. The fourth-order valence-electron chi connectivity index (χ4n) is 2.25. The van der Waals surface area contributed by atoms with Crippen LogP contribution in [0.4, 0.5) is 0 Å². The molecule has 0 atom stereocenters. The van der Waals surface area contributed by atoms with Gasteiger partial charge in [-0.25, -0.2) is 9.56 Å². The van der Waals surface area contributed by atoms with E-state index in [0.717, 1.165) is 26.1 Å². The molecule has 0 aliphatic carbocycles. The first-order valence-electron chi connectivity index (χ1n) is 6.04. The molecule has 1 aromatic carbocycles. The van der Waals surface area contributed by atoms with Crippen LogP contribution in [0.25, 0.3) is 0 Å². The lowest BCUT2D eigenvalue weighted by atomic mass is 10.0. The van der Waals surface area contributed by atoms with E-state index in [9.17, 15) is 0 Å². The average Bonchev–Trinajstić information content (AvgIpc) is 2.89. The predicted octanol–water partition coefficient (Wildman–Crippen LogP) is -1.43. The maximum atomic E-state index is 4.06. The van der Waals surface area contributed by atoms with Gasteiger partial charge in [-0.3, -0.25) is 0 Å². The van der Waals surface area contributed by atoms with Gasteiger partial charge in [-0.2, -0.15) is 0 Å². The van der Waals surface area contributed by atoms with Crippen molar-refractivity contribution in [1.29, 1.82) is 0 Å². The molecule has 0 bridgehead atoms. The summed E-state index contributed by atoms with van der Waals surface area (Å²) in [7, 11) is 0. The van der Waals surface area contributed by atoms with Gasteiger partial charge in [0, 0.05) is 24.4 Å². The van der Waals surface area contributed by atoms with Crippen LogP contribution in [-0.2, 0) is 13.0 Å². The SMILES string of the molecule is C1=[N+](CCn2ccnc2)CCc2ccccc21.[Br-]. The monoisotopic (exact) mass is 305 g/mol. The minimum absolute atomic E-state index is 0. The van der Waals surface area contributed by atoms with Gasteiger partial charge in [0.15, 0.2) is 12.8 Å². The Labute approximate surface area is 118 Å². The average molecular weight is 306 g/mol. The van der Waals surface area contributed by atoms with Crippen molar-refractivity contribution in [3.63, 3.8) is 0 Å². The number of hydrogen-bond acceptors (Lipinski definition) is 1. The summed E-state index contributed by atoms with van der Waals surface area (Å²) in [5.74, 6) is 0. The Morgan fingerprint density at radius 1 is 1.28 bits per heavy atom.